The summed E-state index contributed by atoms with van der Waals surface area (Å²) in [6.45, 7) is 8.54. The summed E-state index contributed by atoms with van der Waals surface area (Å²) in [6.07, 6.45) is 1.54. The summed E-state index contributed by atoms with van der Waals surface area (Å²) < 4.78 is 5.71. The largest absolute Gasteiger partial charge is 0.346 e. The minimum atomic E-state index is -0.525. The Balaban J connectivity index is 2.65. The molecule has 1 atom stereocenters. The molecule has 0 heterocycles. The van der Waals surface area contributed by atoms with Gasteiger partial charge in [0.25, 0.3) is 0 Å². The summed E-state index contributed by atoms with van der Waals surface area (Å²) in [5, 5.41) is 0.688. The molecule has 0 saturated carbocycles. The van der Waals surface area contributed by atoms with Crippen molar-refractivity contribution in [2.45, 2.75) is 52.4 Å². The fraction of sp³-hybridized carbons (Fsp3) is 0.600. The van der Waals surface area contributed by atoms with Crippen LogP contribution in [-0.2, 0) is 14.5 Å². The summed E-state index contributed by atoms with van der Waals surface area (Å²) in [7, 11) is 0. The number of halogens is 1. The van der Waals surface area contributed by atoms with Gasteiger partial charge in [0.1, 0.15) is 0 Å². The van der Waals surface area contributed by atoms with Gasteiger partial charge in [0.05, 0.1) is 12.2 Å². The van der Waals surface area contributed by atoms with Gasteiger partial charge in [-0.2, -0.15) is 4.89 Å². The molecular weight excluding hydrogens is 264 g/mol. The van der Waals surface area contributed by atoms with Crippen molar-refractivity contribution in [3.8, 4) is 0 Å². The highest BCUT2D eigenvalue weighted by Crippen LogP contribution is 2.24. The molecule has 0 aliphatic rings. The van der Waals surface area contributed by atoms with Crippen molar-refractivity contribution in [3.63, 3.8) is 0 Å². The topological polar surface area (TPSA) is 27.7 Å². The third-order valence-electron chi connectivity index (χ3n) is 2.29. The molecule has 3 nitrogen and oxygen atoms in total. The van der Waals surface area contributed by atoms with Gasteiger partial charge in [0.2, 0.25) is 6.29 Å². The average Bonchev–Trinajstić information content (AvgIpc) is 2.34. The lowest BCUT2D eigenvalue weighted by atomic mass is 10.2. The Hall–Kier alpha value is -0.610. The van der Waals surface area contributed by atoms with E-state index in [4.69, 9.17) is 26.1 Å². The second kappa shape index (κ2) is 7.85. The molecule has 0 saturated heterocycles. The van der Waals surface area contributed by atoms with E-state index in [1.807, 2.05) is 45.0 Å². The van der Waals surface area contributed by atoms with Crippen LogP contribution in [0.5, 0.6) is 0 Å². The molecule has 1 unspecified atom stereocenters. The molecule has 0 N–H and O–H groups in total. The molecule has 4 heteroatoms. The van der Waals surface area contributed by atoms with Crippen LogP contribution in [0.1, 0.15) is 52.4 Å². The number of benzene rings is 1. The van der Waals surface area contributed by atoms with Crippen LogP contribution < -0.4 is 0 Å². The summed E-state index contributed by atoms with van der Waals surface area (Å²) >= 11 is 5.88. The highest BCUT2D eigenvalue weighted by atomic mass is 35.5. The number of unbranched alkanes of at least 4 members (excludes halogenated alkanes) is 1. The van der Waals surface area contributed by atoms with Crippen LogP contribution in [0.15, 0.2) is 24.3 Å². The fourth-order valence-electron chi connectivity index (χ4n) is 1.32. The Bertz CT molecular complexity index is 357. The van der Waals surface area contributed by atoms with Gasteiger partial charge in [-0.25, -0.2) is 4.89 Å². The van der Waals surface area contributed by atoms with Gasteiger partial charge in [-0.05, 0) is 39.3 Å². The van der Waals surface area contributed by atoms with E-state index in [-0.39, 0.29) is 5.60 Å². The zero-order chi connectivity index (χ0) is 14.3. The van der Waals surface area contributed by atoms with Gasteiger partial charge >= 0.3 is 0 Å². The van der Waals surface area contributed by atoms with Gasteiger partial charge in [-0.1, -0.05) is 37.1 Å². The molecule has 1 rings (SSSR count). The van der Waals surface area contributed by atoms with Crippen molar-refractivity contribution in [1.29, 1.82) is 0 Å². The molecule has 19 heavy (non-hydrogen) atoms. The van der Waals surface area contributed by atoms with E-state index < -0.39 is 6.29 Å². The van der Waals surface area contributed by atoms with Crippen molar-refractivity contribution in [3.05, 3.63) is 34.9 Å². The quantitative estimate of drug-likeness (QED) is 0.309. The van der Waals surface area contributed by atoms with E-state index in [1.165, 1.54) is 0 Å². The molecule has 1 aromatic rings. The number of ether oxygens (including phenoxy) is 1. The predicted molar refractivity (Wildman–Crippen MR) is 77.0 cm³/mol. The molecule has 0 spiro atoms. The van der Waals surface area contributed by atoms with Crippen LogP contribution in [0.25, 0.3) is 0 Å². The molecule has 0 radical (unpaired) electrons. The first-order valence-electron chi connectivity index (χ1n) is 6.64. The predicted octanol–water partition coefficient (Wildman–Crippen LogP) is 4.90. The minimum absolute atomic E-state index is 0.376. The van der Waals surface area contributed by atoms with Crippen LogP contribution >= 0.6 is 11.6 Å². The standard InChI is InChI=1S/C15H23ClO3/c1-5-6-11-17-14(18-19-15(2,3)4)12-7-9-13(16)10-8-12/h7-10,14H,5-6,11H2,1-4H3. The molecule has 0 bridgehead atoms. The van der Waals surface area contributed by atoms with Gasteiger partial charge < -0.3 is 4.74 Å². The molecular formula is C15H23ClO3. The fourth-order valence-corrected chi connectivity index (χ4v) is 1.45. The van der Waals surface area contributed by atoms with Gasteiger partial charge in [0, 0.05) is 10.6 Å². The lowest BCUT2D eigenvalue weighted by Gasteiger charge is -2.23. The van der Waals surface area contributed by atoms with E-state index >= 15 is 0 Å². The Morgan fingerprint density at radius 2 is 1.79 bits per heavy atom. The first-order valence-corrected chi connectivity index (χ1v) is 7.01. The van der Waals surface area contributed by atoms with Gasteiger partial charge in [-0.15, -0.1) is 0 Å². The maximum absolute atomic E-state index is 5.88. The normalized spacial score (nSPS) is 13.5. The van der Waals surface area contributed by atoms with Crippen LogP contribution in [0, 0.1) is 0 Å². The van der Waals surface area contributed by atoms with E-state index in [2.05, 4.69) is 6.92 Å². The Morgan fingerprint density at radius 1 is 1.16 bits per heavy atom. The zero-order valence-corrected chi connectivity index (χ0v) is 12.9. The maximum atomic E-state index is 5.88. The second-order valence-electron chi connectivity index (χ2n) is 5.40. The first-order chi connectivity index (χ1) is 8.92. The lowest BCUT2D eigenvalue weighted by molar-refractivity contribution is -0.420. The molecule has 108 valence electrons. The van der Waals surface area contributed by atoms with E-state index in [0.29, 0.717) is 11.6 Å². The first kappa shape index (κ1) is 16.4. The van der Waals surface area contributed by atoms with Crippen LogP contribution in [0.4, 0.5) is 0 Å². The van der Waals surface area contributed by atoms with Crippen LogP contribution in [0.2, 0.25) is 5.02 Å². The Morgan fingerprint density at radius 3 is 2.32 bits per heavy atom. The molecule has 0 aliphatic heterocycles. The van der Waals surface area contributed by atoms with Crippen molar-refractivity contribution >= 4 is 11.6 Å². The molecule has 1 aromatic carbocycles. The second-order valence-corrected chi connectivity index (χ2v) is 5.84. The summed E-state index contributed by atoms with van der Waals surface area (Å²) in [5.74, 6) is 0. The molecule has 0 fully saturated rings. The van der Waals surface area contributed by atoms with Gasteiger partial charge in [0.15, 0.2) is 0 Å². The summed E-state index contributed by atoms with van der Waals surface area (Å²) in [5.41, 5.74) is 0.517. The molecule has 0 aliphatic carbocycles. The number of rotatable bonds is 7. The maximum Gasteiger partial charge on any atom is 0.217 e. The third-order valence-corrected chi connectivity index (χ3v) is 2.55. The van der Waals surface area contributed by atoms with Crippen LogP contribution in [0.3, 0.4) is 0 Å². The Labute approximate surface area is 120 Å². The lowest BCUT2D eigenvalue weighted by Crippen LogP contribution is -2.22. The van der Waals surface area contributed by atoms with Gasteiger partial charge in [-0.3, -0.25) is 0 Å². The molecule has 0 aromatic heterocycles. The van der Waals surface area contributed by atoms with E-state index in [1.54, 1.807) is 0 Å². The summed E-state index contributed by atoms with van der Waals surface area (Å²) in [6, 6.07) is 7.39. The van der Waals surface area contributed by atoms with Crippen molar-refractivity contribution in [1.82, 2.24) is 0 Å². The van der Waals surface area contributed by atoms with E-state index in [0.717, 1.165) is 18.4 Å². The smallest absolute Gasteiger partial charge is 0.217 e. The van der Waals surface area contributed by atoms with Crippen molar-refractivity contribution in [2.24, 2.45) is 0 Å². The highest BCUT2D eigenvalue weighted by Gasteiger charge is 2.19. The molecule has 0 amide bonds. The SMILES string of the molecule is CCCCOC(OOC(C)(C)C)c1ccc(Cl)cc1. The minimum Gasteiger partial charge on any atom is -0.346 e. The number of hydrogen-bond acceptors (Lipinski definition) is 3. The Kier molecular flexibility index (Phi) is 6.80. The van der Waals surface area contributed by atoms with E-state index in [9.17, 15) is 0 Å². The van der Waals surface area contributed by atoms with Crippen LogP contribution in [-0.4, -0.2) is 12.2 Å². The van der Waals surface area contributed by atoms with Crippen molar-refractivity contribution in [2.75, 3.05) is 6.61 Å². The zero-order valence-electron chi connectivity index (χ0n) is 12.1. The highest BCUT2D eigenvalue weighted by molar-refractivity contribution is 6.30. The van der Waals surface area contributed by atoms with Crippen molar-refractivity contribution < 1.29 is 14.5 Å². The number of hydrogen-bond donors (Lipinski definition) is 0. The summed E-state index contributed by atoms with van der Waals surface area (Å²) in [4.78, 5) is 10.8. The average molecular weight is 287 g/mol. The third kappa shape index (κ3) is 6.92. The monoisotopic (exact) mass is 286 g/mol.